The van der Waals surface area contributed by atoms with Crippen LogP contribution in [0.2, 0.25) is 5.02 Å². The number of unbranched alkanes of at least 4 members (excludes halogenated alkanes) is 4. The normalized spacial score (nSPS) is 11.2. The molecule has 5 heteroatoms. The fourth-order valence-electron chi connectivity index (χ4n) is 3.24. The number of benzene rings is 2. The van der Waals surface area contributed by atoms with Gasteiger partial charge in [0.1, 0.15) is 11.0 Å². The smallest absolute Gasteiger partial charge is 0.356 e. The zero-order valence-electron chi connectivity index (χ0n) is 15.2. The Bertz CT molecular complexity index is 860. The highest BCUT2D eigenvalue weighted by atomic mass is 35.5. The van der Waals surface area contributed by atoms with Crippen LogP contribution in [0.1, 0.15) is 44.6 Å². The molecular formula is C21H26ClN3O. The van der Waals surface area contributed by atoms with Gasteiger partial charge in [-0.2, -0.15) is 0 Å². The summed E-state index contributed by atoms with van der Waals surface area (Å²) in [6.45, 7) is 3.63. The van der Waals surface area contributed by atoms with Crippen molar-refractivity contribution in [3.63, 3.8) is 0 Å². The van der Waals surface area contributed by atoms with Gasteiger partial charge in [-0.1, -0.05) is 62.4 Å². The van der Waals surface area contributed by atoms with E-state index in [0.29, 0.717) is 17.1 Å². The number of nitrogens with one attached hydrogen (secondary N) is 2. The number of fused-ring (bicyclic) bond motifs is 1. The number of aromatic nitrogens is 2. The molecule has 3 rings (SSSR count). The van der Waals surface area contributed by atoms with E-state index in [9.17, 15) is 5.11 Å². The molecule has 0 saturated carbocycles. The molecule has 1 heterocycles. The van der Waals surface area contributed by atoms with Crippen molar-refractivity contribution in [2.75, 3.05) is 5.32 Å². The molecule has 0 aliphatic heterocycles. The number of imidazole rings is 1. The van der Waals surface area contributed by atoms with Crippen molar-refractivity contribution in [3.8, 4) is 5.75 Å². The molecule has 0 aliphatic rings. The molecule has 4 nitrogen and oxygen atoms in total. The van der Waals surface area contributed by atoms with Crippen molar-refractivity contribution in [2.24, 2.45) is 0 Å². The van der Waals surface area contributed by atoms with Crippen LogP contribution in [0.25, 0.3) is 11.0 Å². The molecule has 2 aromatic carbocycles. The first-order valence-corrected chi connectivity index (χ1v) is 9.76. The molecule has 0 saturated heterocycles. The monoisotopic (exact) mass is 371 g/mol. The Morgan fingerprint density at radius 3 is 2.73 bits per heavy atom. The van der Waals surface area contributed by atoms with E-state index in [4.69, 9.17) is 11.6 Å². The van der Waals surface area contributed by atoms with Crippen molar-refractivity contribution in [3.05, 3.63) is 53.1 Å². The van der Waals surface area contributed by atoms with Crippen LogP contribution >= 0.6 is 11.6 Å². The van der Waals surface area contributed by atoms with Gasteiger partial charge in [0.25, 0.3) is 0 Å². The Hall–Kier alpha value is -2.20. The first kappa shape index (κ1) is 18.6. The lowest BCUT2D eigenvalue weighted by Crippen LogP contribution is -2.36. The molecule has 0 unspecified atom stereocenters. The van der Waals surface area contributed by atoms with E-state index >= 15 is 0 Å². The summed E-state index contributed by atoms with van der Waals surface area (Å²) in [5, 5.41) is 16.0. The first-order valence-electron chi connectivity index (χ1n) is 9.39. The Kier molecular flexibility index (Phi) is 6.40. The third kappa shape index (κ3) is 4.50. The third-order valence-electron chi connectivity index (χ3n) is 4.67. The van der Waals surface area contributed by atoms with E-state index in [1.54, 1.807) is 12.1 Å². The van der Waals surface area contributed by atoms with E-state index in [-0.39, 0.29) is 5.75 Å². The Morgan fingerprint density at radius 2 is 1.88 bits per heavy atom. The molecule has 138 valence electrons. The van der Waals surface area contributed by atoms with Crippen LogP contribution in [-0.2, 0) is 13.1 Å². The Labute approximate surface area is 159 Å². The average Bonchev–Trinajstić information content (AvgIpc) is 3.00. The number of anilines is 1. The summed E-state index contributed by atoms with van der Waals surface area (Å²) in [6.07, 6.45) is 6.21. The molecule has 1 aromatic heterocycles. The molecule has 0 atom stereocenters. The fourth-order valence-corrected chi connectivity index (χ4v) is 3.44. The van der Waals surface area contributed by atoms with Crippen molar-refractivity contribution in [2.45, 2.75) is 52.1 Å². The van der Waals surface area contributed by atoms with Gasteiger partial charge in [0, 0.05) is 5.02 Å². The highest BCUT2D eigenvalue weighted by molar-refractivity contribution is 6.30. The standard InChI is InChI=1S/C21H26ClN3O/c1-2-3-4-5-8-13-25-19-10-7-6-9-18(19)24-21(25)23-15-16-14-17(22)11-12-20(16)26/h6-7,9-12,14H,2-5,8,13,15H2,1H3,(H2,23,24,26). The quantitative estimate of drug-likeness (QED) is 0.420. The molecule has 0 fully saturated rings. The van der Waals surface area contributed by atoms with Gasteiger partial charge in [0.05, 0.1) is 13.1 Å². The predicted octanol–water partition coefficient (Wildman–Crippen LogP) is 4.76. The third-order valence-corrected chi connectivity index (χ3v) is 4.91. The van der Waals surface area contributed by atoms with Gasteiger partial charge in [-0.15, -0.1) is 5.75 Å². The largest absolute Gasteiger partial charge is 0.872 e. The second-order valence-electron chi connectivity index (χ2n) is 6.66. The number of nitrogens with zero attached hydrogens (tertiary/aromatic N) is 1. The molecule has 0 amide bonds. The number of para-hydroxylation sites is 2. The van der Waals surface area contributed by atoms with E-state index in [1.165, 1.54) is 37.3 Å². The number of aryl methyl sites for hydroxylation is 1. The molecule has 0 aliphatic carbocycles. The van der Waals surface area contributed by atoms with Crippen LogP contribution in [0, 0.1) is 0 Å². The van der Waals surface area contributed by atoms with Crippen molar-refractivity contribution in [1.82, 2.24) is 4.98 Å². The summed E-state index contributed by atoms with van der Waals surface area (Å²) in [7, 11) is 0. The summed E-state index contributed by atoms with van der Waals surface area (Å²) in [6, 6.07) is 13.2. The maximum atomic E-state index is 12.0. The number of halogens is 1. The summed E-state index contributed by atoms with van der Waals surface area (Å²) in [5.74, 6) is 0.935. The number of hydrogen-bond acceptors (Lipinski definition) is 2. The second kappa shape index (κ2) is 8.95. The van der Waals surface area contributed by atoms with Gasteiger partial charge < -0.3 is 5.11 Å². The lowest BCUT2D eigenvalue weighted by molar-refractivity contribution is -0.657. The number of hydrogen-bond donors (Lipinski definition) is 2. The predicted molar refractivity (Wildman–Crippen MR) is 105 cm³/mol. The molecule has 26 heavy (non-hydrogen) atoms. The van der Waals surface area contributed by atoms with E-state index in [1.807, 2.05) is 6.07 Å². The van der Waals surface area contributed by atoms with E-state index < -0.39 is 0 Å². The second-order valence-corrected chi connectivity index (χ2v) is 7.10. The van der Waals surface area contributed by atoms with Gasteiger partial charge in [-0.3, -0.25) is 5.32 Å². The zero-order valence-corrected chi connectivity index (χ0v) is 16.0. The van der Waals surface area contributed by atoms with E-state index in [2.05, 4.69) is 40.0 Å². The van der Waals surface area contributed by atoms with Crippen LogP contribution in [0.15, 0.2) is 42.5 Å². The van der Waals surface area contributed by atoms with Crippen LogP contribution in [-0.4, -0.2) is 4.98 Å². The van der Waals surface area contributed by atoms with Gasteiger partial charge in [-0.05, 0) is 36.2 Å². The number of rotatable bonds is 9. The number of aromatic amines is 1. The minimum atomic E-state index is 0.00382. The first-order chi connectivity index (χ1) is 12.7. The van der Waals surface area contributed by atoms with Gasteiger partial charge >= 0.3 is 5.95 Å². The highest BCUT2D eigenvalue weighted by Gasteiger charge is 2.16. The minimum Gasteiger partial charge on any atom is -0.872 e. The highest BCUT2D eigenvalue weighted by Crippen LogP contribution is 2.20. The Morgan fingerprint density at radius 1 is 1.08 bits per heavy atom. The molecular weight excluding hydrogens is 346 g/mol. The van der Waals surface area contributed by atoms with Gasteiger partial charge in [0.15, 0.2) is 0 Å². The lowest BCUT2D eigenvalue weighted by atomic mass is 10.1. The minimum absolute atomic E-state index is 0.00382. The maximum Gasteiger partial charge on any atom is 0.356 e. The molecule has 2 N–H and O–H groups in total. The van der Waals surface area contributed by atoms with Crippen LogP contribution in [0.5, 0.6) is 5.75 Å². The summed E-state index contributed by atoms with van der Waals surface area (Å²) in [4.78, 5) is 3.44. The topological polar surface area (TPSA) is 54.8 Å². The zero-order chi connectivity index (χ0) is 18.4. The summed E-state index contributed by atoms with van der Waals surface area (Å²) in [5.41, 5.74) is 2.95. The van der Waals surface area contributed by atoms with Crippen LogP contribution in [0.3, 0.4) is 0 Å². The SMILES string of the molecule is CCCCCCC[n+]1c(NCc2cc(Cl)ccc2[O-])[nH]c2ccccc21. The van der Waals surface area contributed by atoms with Gasteiger partial charge in [0.2, 0.25) is 0 Å². The van der Waals surface area contributed by atoms with Gasteiger partial charge in [-0.25, -0.2) is 9.55 Å². The summed E-state index contributed by atoms with van der Waals surface area (Å²) < 4.78 is 2.27. The van der Waals surface area contributed by atoms with Crippen molar-refractivity contribution >= 4 is 28.6 Å². The van der Waals surface area contributed by atoms with Crippen molar-refractivity contribution < 1.29 is 9.67 Å². The molecule has 3 aromatic rings. The maximum absolute atomic E-state index is 12.0. The molecule has 0 bridgehead atoms. The fraction of sp³-hybridized carbons (Fsp3) is 0.381. The van der Waals surface area contributed by atoms with Crippen molar-refractivity contribution in [1.29, 1.82) is 0 Å². The number of H-pyrrole nitrogens is 1. The van der Waals surface area contributed by atoms with E-state index in [0.717, 1.165) is 24.4 Å². The molecule has 0 spiro atoms. The average molecular weight is 372 g/mol. The summed E-state index contributed by atoms with van der Waals surface area (Å²) >= 11 is 6.02. The Balaban J connectivity index is 1.76. The van der Waals surface area contributed by atoms with Crippen LogP contribution < -0.4 is 15.0 Å². The lowest BCUT2D eigenvalue weighted by Gasteiger charge is -2.12. The molecule has 0 radical (unpaired) electrons. The van der Waals surface area contributed by atoms with Crippen LogP contribution in [0.4, 0.5) is 5.95 Å².